The van der Waals surface area contributed by atoms with Crippen LogP contribution in [0.5, 0.6) is 17.2 Å². The maximum Gasteiger partial charge on any atom is 0.221 e. The Bertz CT molecular complexity index is 869. The van der Waals surface area contributed by atoms with E-state index in [2.05, 4.69) is 9.97 Å². The van der Waals surface area contributed by atoms with E-state index in [1.54, 1.807) is 20.4 Å². The third-order valence-electron chi connectivity index (χ3n) is 5.25. The van der Waals surface area contributed by atoms with E-state index >= 15 is 0 Å². The van der Waals surface area contributed by atoms with E-state index in [4.69, 9.17) is 25.7 Å². The number of rotatable bonds is 5. The summed E-state index contributed by atoms with van der Waals surface area (Å²) in [4.78, 5) is 8.04. The zero-order valence-corrected chi connectivity index (χ0v) is 15.4. The van der Waals surface area contributed by atoms with Crippen LogP contribution in [0.25, 0.3) is 0 Å². The van der Waals surface area contributed by atoms with Crippen molar-refractivity contribution >= 4 is 11.8 Å². The number of hydrogen-bond donors (Lipinski definition) is 3. The van der Waals surface area contributed by atoms with E-state index in [1.807, 2.05) is 6.07 Å². The molecule has 27 heavy (non-hydrogen) atoms. The molecular weight excluding hydrogens is 348 g/mol. The minimum Gasteiger partial charge on any atom is -0.493 e. The van der Waals surface area contributed by atoms with Gasteiger partial charge in [0, 0.05) is 30.2 Å². The molecule has 1 aromatic heterocycles. The zero-order chi connectivity index (χ0) is 19.1. The Labute approximate surface area is 157 Å². The number of aliphatic hydroxyl groups is 1. The predicted molar refractivity (Wildman–Crippen MR) is 99.9 cm³/mol. The number of aromatic nitrogens is 2. The number of nitrogens with two attached hydrogens (primary N) is 2. The molecular formula is C19H24N4O4. The van der Waals surface area contributed by atoms with Gasteiger partial charge in [-0.3, -0.25) is 0 Å². The average Bonchev–Trinajstić information content (AvgIpc) is 3.48. The molecule has 2 aromatic rings. The normalized spacial score (nSPS) is 21.3. The zero-order valence-electron chi connectivity index (χ0n) is 15.4. The van der Waals surface area contributed by atoms with Gasteiger partial charge in [0.1, 0.15) is 11.9 Å². The molecule has 1 saturated carbocycles. The van der Waals surface area contributed by atoms with Crippen LogP contribution < -0.4 is 25.7 Å². The molecule has 2 atom stereocenters. The van der Waals surface area contributed by atoms with Gasteiger partial charge in [-0.1, -0.05) is 0 Å². The molecule has 2 unspecified atom stereocenters. The van der Waals surface area contributed by atoms with Crippen LogP contribution in [0.3, 0.4) is 0 Å². The number of fused-ring (bicyclic) bond motifs is 1. The third-order valence-corrected chi connectivity index (χ3v) is 5.25. The van der Waals surface area contributed by atoms with E-state index < -0.39 is 6.10 Å². The minimum atomic E-state index is -0.648. The summed E-state index contributed by atoms with van der Waals surface area (Å²) in [5, 5.41) is 10.9. The number of aliphatic hydroxyl groups excluding tert-OH is 1. The van der Waals surface area contributed by atoms with Gasteiger partial charge in [0.15, 0.2) is 11.5 Å². The molecule has 8 nitrogen and oxygen atoms in total. The number of ether oxygens (including phenoxy) is 3. The predicted octanol–water partition coefficient (Wildman–Crippen LogP) is 1.84. The Morgan fingerprint density at radius 3 is 2.63 bits per heavy atom. The molecule has 144 valence electrons. The largest absolute Gasteiger partial charge is 0.493 e. The standard InChI is InChI=1S/C19H24N4O4/c1-25-14-6-10(5-11-8-22-19(21)23-18(11)20)15-12(24)7-13(9-3-4-9)27-17(15)16(14)26-2/h6,8-9,12-13,24H,3-5,7H2,1-2H3,(H4,20,21,22,23). The Morgan fingerprint density at radius 1 is 1.22 bits per heavy atom. The number of benzene rings is 1. The molecule has 0 saturated heterocycles. The Hall–Kier alpha value is -2.74. The number of nitrogen functional groups attached to an aromatic ring is 2. The van der Waals surface area contributed by atoms with Crippen LogP contribution in [-0.4, -0.2) is 35.4 Å². The lowest BCUT2D eigenvalue weighted by Crippen LogP contribution is -2.29. The van der Waals surface area contributed by atoms with Gasteiger partial charge < -0.3 is 30.8 Å². The Kier molecular flexibility index (Phi) is 4.43. The van der Waals surface area contributed by atoms with Gasteiger partial charge >= 0.3 is 0 Å². The second-order valence-electron chi connectivity index (χ2n) is 7.07. The van der Waals surface area contributed by atoms with Crippen LogP contribution in [0.15, 0.2) is 12.3 Å². The van der Waals surface area contributed by atoms with Gasteiger partial charge in [-0.2, -0.15) is 4.98 Å². The monoisotopic (exact) mass is 372 g/mol. The number of nitrogens with zero attached hydrogens (tertiary/aromatic N) is 2. The average molecular weight is 372 g/mol. The third kappa shape index (κ3) is 3.21. The summed E-state index contributed by atoms with van der Waals surface area (Å²) >= 11 is 0. The molecule has 1 aliphatic heterocycles. The highest BCUT2D eigenvalue weighted by Gasteiger charge is 2.41. The van der Waals surface area contributed by atoms with Crippen LogP contribution in [0.4, 0.5) is 11.8 Å². The van der Waals surface area contributed by atoms with E-state index in [0.717, 1.165) is 24.0 Å². The van der Waals surface area contributed by atoms with Crippen molar-refractivity contribution in [1.82, 2.24) is 9.97 Å². The summed E-state index contributed by atoms with van der Waals surface area (Å²) in [5.74, 6) is 2.53. The Balaban J connectivity index is 1.80. The van der Waals surface area contributed by atoms with Crippen molar-refractivity contribution in [2.24, 2.45) is 5.92 Å². The van der Waals surface area contributed by atoms with Crippen molar-refractivity contribution in [3.05, 3.63) is 29.0 Å². The van der Waals surface area contributed by atoms with Gasteiger partial charge in [-0.05, 0) is 30.4 Å². The summed E-state index contributed by atoms with van der Waals surface area (Å²) in [7, 11) is 3.15. The number of hydrogen-bond acceptors (Lipinski definition) is 8. The van der Waals surface area contributed by atoms with E-state index in [-0.39, 0.29) is 12.1 Å². The SMILES string of the molecule is COc1cc(Cc2cnc(N)nc2N)c2c(c1OC)OC(C1CC1)CC2O. The molecule has 0 radical (unpaired) electrons. The van der Waals surface area contributed by atoms with E-state index in [0.29, 0.717) is 47.4 Å². The van der Waals surface area contributed by atoms with E-state index in [1.165, 1.54) is 0 Å². The van der Waals surface area contributed by atoms with Crippen molar-refractivity contribution in [3.63, 3.8) is 0 Å². The molecule has 4 rings (SSSR count). The van der Waals surface area contributed by atoms with Crippen molar-refractivity contribution in [3.8, 4) is 17.2 Å². The molecule has 1 aliphatic carbocycles. The molecule has 2 aliphatic rings. The maximum absolute atomic E-state index is 10.9. The molecule has 0 spiro atoms. The quantitative estimate of drug-likeness (QED) is 0.726. The summed E-state index contributed by atoms with van der Waals surface area (Å²) in [6, 6.07) is 1.84. The first kappa shape index (κ1) is 17.7. The second kappa shape index (κ2) is 6.77. The highest BCUT2D eigenvalue weighted by atomic mass is 16.5. The molecule has 1 aromatic carbocycles. The fourth-order valence-corrected chi connectivity index (χ4v) is 3.72. The molecule has 0 bridgehead atoms. The fraction of sp³-hybridized carbons (Fsp3) is 0.474. The van der Waals surface area contributed by atoms with Crippen LogP contribution in [0.2, 0.25) is 0 Å². The van der Waals surface area contributed by atoms with E-state index in [9.17, 15) is 5.11 Å². The molecule has 5 N–H and O–H groups in total. The Morgan fingerprint density at radius 2 is 2.00 bits per heavy atom. The first-order valence-electron chi connectivity index (χ1n) is 9.01. The summed E-state index contributed by atoms with van der Waals surface area (Å²) in [5.41, 5.74) is 13.8. The van der Waals surface area contributed by atoms with Crippen molar-refractivity contribution < 1.29 is 19.3 Å². The molecule has 2 heterocycles. The van der Waals surface area contributed by atoms with Crippen LogP contribution in [0.1, 0.15) is 42.1 Å². The fourth-order valence-electron chi connectivity index (χ4n) is 3.72. The van der Waals surface area contributed by atoms with Crippen molar-refractivity contribution in [2.45, 2.75) is 37.9 Å². The van der Waals surface area contributed by atoms with Gasteiger partial charge in [-0.25, -0.2) is 4.98 Å². The lowest BCUT2D eigenvalue weighted by molar-refractivity contribution is 0.0514. The van der Waals surface area contributed by atoms with Crippen LogP contribution in [0, 0.1) is 5.92 Å². The lowest BCUT2D eigenvalue weighted by atomic mass is 9.89. The second-order valence-corrected chi connectivity index (χ2v) is 7.07. The maximum atomic E-state index is 10.9. The smallest absolute Gasteiger partial charge is 0.221 e. The van der Waals surface area contributed by atoms with Crippen molar-refractivity contribution in [1.29, 1.82) is 0 Å². The number of anilines is 2. The lowest BCUT2D eigenvalue weighted by Gasteiger charge is -2.33. The topological polar surface area (TPSA) is 126 Å². The van der Waals surface area contributed by atoms with Crippen LogP contribution in [-0.2, 0) is 6.42 Å². The first-order chi connectivity index (χ1) is 13.0. The molecule has 0 amide bonds. The summed E-state index contributed by atoms with van der Waals surface area (Å²) in [6.07, 6.45) is 4.19. The molecule has 8 heteroatoms. The van der Waals surface area contributed by atoms with Gasteiger partial charge in [-0.15, -0.1) is 0 Å². The highest BCUT2D eigenvalue weighted by molar-refractivity contribution is 5.62. The molecule has 1 fully saturated rings. The van der Waals surface area contributed by atoms with Gasteiger partial charge in [0.25, 0.3) is 0 Å². The summed E-state index contributed by atoms with van der Waals surface area (Å²) < 4.78 is 17.3. The first-order valence-corrected chi connectivity index (χ1v) is 9.01. The van der Waals surface area contributed by atoms with Gasteiger partial charge in [0.05, 0.1) is 20.3 Å². The van der Waals surface area contributed by atoms with Crippen molar-refractivity contribution in [2.75, 3.05) is 25.7 Å². The minimum absolute atomic E-state index is 0.00807. The highest BCUT2D eigenvalue weighted by Crippen LogP contribution is 2.52. The summed E-state index contributed by atoms with van der Waals surface area (Å²) in [6.45, 7) is 0. The van der Waals surface area contributed by atoms with Crippen LogP contribution >= 0.6 is 0 Å². The van der Waals surface area contributed by atoms with Gasteiger partial charge in [0.2, 0.25) is 11.7 Å². The number of methoxy groups -OCH3 is 2.